The number of carbonyl (C=O) groups excluding carboxylic acids is 1. The van der Waals surface area contributed by atoms with Crippen LogP contribution in [0.3, 0.4) is 0 Å². The summed E-state index contributed by atoms with van der Waals surface area (Å²) in [4.78, 5) is 20.8. The molecule has 0 bridgehead atoms. The molecule has 2 heterocycles. The van der Waals surface area contributed by atoms with Gasteiger partial charge in [-0.15, -0.1) is 5.10 Å². The van der Waals surface area contributed by atoms with Gasteiger partial charge in [0.15, 0.2) is 16.9 Å². The fraction of sp³-hybridized carbons (Fsp3) is 0.105. The molecule has 4 rings (SSSR count). The topological polar surface area (TPSA) is 73.6 Å². The Kier molecular flexibility index (Phi) is 4.88. The molecule has 134 valence electrons. The number of fused-ring (bicyclic) bond motifs is 1. The van der Waals surface area contributed by atoms with Crippen LogP contribution in [0.5, 0.6) is 0 Å². The molecule has 0 saturated heterocycles. The van der Waals surface area contributed by atoms with Gasteiger partial charge in [0.25, 0.3) is 0 Å². The van der Waals surface area contributed by atoms with E-state index >= 15 is 0 Å². The zero-order valence-corrected chi connectivity index (χ0v) is 14.9. The Labute approximate surface area is 158 Å². The van der Waals surface area contributed by atoms with Crippen LogP contribution in [0.1, 0.15) is 15.9 Å². The highest BCUT2D eigenvalue weighted by Gasteiger charge is 2.14. The smallest absolute Gasteiger partial charge is 0.183 e. The normalized spacial score (nSPS) is 11.0. The Morgan fingerprint density at radius 3 is 2.59 bits per heavy atom. The molecule has 0 N–H and O–H groups in total. The van der Waals surface area contributed by atoms with Gasteiger partial charge in [-0.2, -0.15) is 0 Å². The SMILES string of the molecule is O=C(CSc1ncnc2c1nnn2Cc1ccc(F)cc1)c1ccccc1. The third kappa shape index (κ3) is 3.85. The van der Waals surface area contributed by atoms with Crippen LogP contribution in [0.15, 0.2) is 66.0 Å². The molecule has 8 heteroatoms. The molecule has 0 aliphatic carbocycles. The lowest BCUT2D eigenvalue weighted by Crippen LogP contribution is -2.04. The lowest BCUT2D eigenvalue weighted by atomic mass is 10.2. The first-order valence-electron chi connectivity index (χ1n) is 8.20. The second-order valence-corrected chi connectivity index (χ2v) is 6.77. The summed E-state index contributed by atoms with van der Waals surface area (Å²) >= 11 is 1.31. The van der Waals surface area contributed by atoms with E-state index in [1.165, 1.54) is 30.2 Å². The molecule has 2 aromatic carbocycles. The maximum atomic E-state index is 13.1. The second-order valence-electron chi connectivity index (χ2n) is 5.80. The van der Waals surface area contributed by atoms with Gasteiger partial charge in [0.1, 0.15) is 17.2 Å². The van der Waals surface area contributed by atoms with Gasteiger partial charge in [0.2, 0.25) is 0 Å². The molecule has 0 fully saturated rings. The highest BCUT2D eigenvalue weighted by Crippen LogP contribution is 2.23. The minimum atomic E-state index is -0.286. The van der Waals surface area contributed by atoms with Crippen molar-refractivity contribution in [3.05, 3.63) is 77.9 Å². The Morgan fingerprint density at radius 1 is 1.04 bits per heavy atom. The fourth-order valence-corrected chi connectivity index (χ4v) is 3.41. The molecule has 0 spiro atoms. The average Bonchev–Trinajstić information content (AvgIpc) is 3.12. The summed E-state index contributed by atoms with van der Waals surface area (Å²) in [7, 11) is 0. The third-order valence-electron chi connectivity index (χ3n) is 3.95. The summed E-state index contributed by atoms with van der Waals surface area (Å²) in [6.07, 6.45) is 1.43. The predicted octanol–water partition coefficient (Wildman–Crippen LogP) is 3.38. The average molecular weight is 379 g/mol. The van der Waals surface area contributed by atoms with Crippen molar-refractivity contribution in [2.45, 2.75) is 11.6 Å². The molecule has 0 radical (unpaired) electrons. The van der Waals surface area contributed by atoms with Crippen LogP contribution in [-0.2, 0) is 6.54 Å². The lowest BCUT2D eigenvalue weighted by Gasteiger charge is -2.03. The summed E-state index contributed by atoms with van der Waals surface area (Å²) in [5, 5.41) is 8.90. The van der Waals surface area contributed by atoms with E-state index in [0.29, 0.717) is 28.3 Å². The van der Waals surface area contributed by atoms with Crippen molar-refractivity contribution >= 4 is 28.7 Å². The fourth-order valence-electron chi connectivity index (χ4n) is 2.59. The molecular formula is C19H14FN5OS. The quantitative estimate of drug-likeness (QED) is 0.290. The van der Waals surface area contributed by atoms with Crippen LogP contribution in [0.4, 0.5) is 4.39 Å². The van der Waals surface area contributed by atoms with Gasteiger partial charge in [0, 0.05) is 5.56 Å². The Balaban J connectivity index is 1.53. The zero-order chi connectivity index (χ0) is 18.6. The Bertz CT molecular complexity index is 1080. The summed E-state index contributed by atoms with van der Waals surface area (Å²) in [5.74, 6) is -0.0154. The molecule has 6 nitrogen and oxygen atoms in total. The van der Waals surface area contributed by atoms with E-state index in [9.17, 15) is 9.18 Å². The zero-order valence-electron chi connectivity index (χ0n) is 14.1. The standard InChI is InChI=1S/C19H14FN5OS/c20-15-8-6-13(7-9-15)10-25-18-17(23-24-25)19(22-12-21-18)27-11-16(26)14-4-2-1-3-5-14/h1-9,12H,10-11H2. The number of Topliss-reactive ketones (excluding diaryl/α,β-unsaturated/α-hetero) is 1. The monoisotopic (exact) mass is 379 g/mol. The minimum Gasteiger partial charge on any atom is -0.293 e. The highest BCUT2D eigenvalue weighted by atomic mass is 32.2. The first kappa shape index (κ1) is 17.3. The Hall–Kier alpha value is -3.13. The van der Waals surface area contributed by atoms with E-state index < -0.39 is 0 Å². The van der Waals surface area contributed by atoms with Crippen molar-refractivity contribution in [2.24, 2.45) is 0 Å². The van der Waals surface area contributed by atoms with Crippen molar-refractivity contribution in [2.75, 3.05) is 5.75 Å². The van der Waals surface area contributed by atoms with Crippen molar-refractivity contribution in [3.63, 3.8) is 0 Å². The van der Waals surface area contributed by atoms with Gasteiger partial charge in [-0.25, -0.2) is 19.0 Å². The maximum Gasteiger partial charge on any atom is 0.183 e. The van der Waals surface area contributed by atoms with Gasteiger partial charge in [0.05, 0.1) is 12.3 Å². The summed E-state index contributed by atoms with van der Waals surface area (Å²) in [6, 6.07) is 15.3. The summed E-state index contributed by atoms with van der Waals surface area (Å²) in [5.41, 5.74) is 2.67. The van der Waals surface area contributed by atoms with E-state index in [2.05, 4.69) is 20.3 Å². The second kappa shape index (κ2) is 7.63. The van der Waals surface area contributed by atoms with Crippen molar-refractivity contribution in [1.82, 2.24) is 25.0 Å². The van der Waals surface area contributed by atoms with E-state index in [1.54, 1.807) is 28.9 Å². The van der Waals surface area contributed by atoms with E-state index in [4.69, 9.17) is 0 Å². The number of rotatable bonds is 6. The van der Waals surface area contributed by atoms with E-state index in [0.717, 1.165) is 5.56 Å². The predicted molar refractivity (Wildman–Crippen MR) is 100 cm³/mol. The van der Waals surface area contributed by atoms with Crippen LogP contribution >= 0.6 is 11.8 Å². The first-order chi connectivity index (χ1) is 13.2. The van der Waals surface area contributed by atoms with Gasteiger partial charge < -0.3 is 0 Å². The Morgan fingerprint density at radius 2 is 1.81 bits per heavy atom. The molecule has 0 aliphatic heterocycles. The summed E-state index contributed by atoms with van der Waals surface area (Å²) < 4.78 is 14.7. The van der Waals surface area contributed by atoms with E-state index in [1.807, 2.05) is 18.2 Å². The van der Waals surface area contributed by atoms with Gasteiger partial charge in [-0.05, 0) is 17.7 Å². The van der Waals surface area contributed by atoms with Crippen LogP contribution in [0.2, 0.25) is 0 Å². The molecule has 0 saturated carbocycles. The molecule has 2 aromatic heterocycles. The molecule has 0 amide bonds. The third-order valence-corrected chi connectivity index (χ3v) is 4.93. The largest absolute Gasteiger partial charge is 0.293 e. The van der Waals surface area contributed by atoms with Crippen molar-refractivity contribution in [1.29, 1.82) is 0 Å². The number of halogens is 1. The number of ketones is 1. The highest BCUT2D eigenvalue weighted by molar-refractivity contribution is 8.00. The molecule has 0 aliphatic rings. The first-order valence-corrected chi connectivity index (χ1v) is 9.19. The lowest BCUT2D eigenvalue weighted by molar-refractivity contribution is 0.102. The number of aromatic nitrogens is 5. The van der Waals surface area contributed by atoms with Crippen LogP contribution in [-0.4, -0.2) is 36.5 Å². The van der Waals surface area contributed by atoms with Crippen LogP contribution < -0.4 is 0 Å². The van der Waals surface area contributed by atoms with Gasteiger partial charge in [-0.1, -0.05) is 59.4 Å². The number of hydrogen-bond acceptors (Lipinski definition) is 6. The van der Waals surface area contributed by atoms with Gasteiger partial charge in [-0.3, -0.25) is 4.79 Å². The van der Waals surface area contributed by atoms with Crippen LogP contribution in [0.25, 0.3) is 11.2 Å². The summed E-state index contributed by atoms with van der Waals surface area (Å²) in [6.45, 7) is 0.418. The van der Waals surface area contributed by atoms with Gasteiger partial charge >= 0.3 is 0 Å². The van der Waals surface area contributed by atoms with Crippen molar-refractivity contribution in [3.8, 4) is 0 Å². The number of thioether (sulfide) groups is 1. The molecule has 0 atom stereocenters. The van der Waals surface area contributed by atoms with Crippen LogP contribution in [0, 0.1) is 5.82 Å². The van der Waals surface area contributed by atoms with E-state index in [-0.39, 0.29) is 17.4 Å². The molecular weight excluding hydrogens is 365 g/mol. The number of carbonyl (C=O) groups is 1. The molecule has 4 aromatic rings. The number of hydrogen-bond donors (Lipinski definition) is 0. The molecule has 0 unspecified atom stereocenters. The van der Waals surface area contributed by atoms with Crippen molar-refractivity contribution < 1.29 is 9.18 Å². The number of nitrogens with zero attached hydrogens (tertiary/aromatic N) is 5. The number of benzene rings is 2. The molecule has 27 heavy (non-hydrogen) atoms. The minimum absolute atomic E-state index is 0.0195. The maximum absolute atomic E-state index is 13.1.